The second kappa shape index (κ2) is 13.7. The molecule has 1 aromatic rings. The zero-order valence-corrected chi connectivity index (χ0v) is 21.0. The Labute approximate surface area is 205 Å². The van der Waals surface area contributed by atoms with Crippen LogP contribution in [0, 0.1) is 48.7 Å². The Morgan fingerprint density at radius 2 is 1.55 bits per heavy atom. The van der Waals surface area contributed by atoms with Gasteiger partial charge in [-0.1, -0.05) is 31.1 Å². The molecule has 1 radical (unpaired) electrons. The molecule has 0 aromatic heterocycles. The predicted molar refractivity (Wildman–Crippen MR) is 118 cm³/mol. The van der Waals surface area contributed by atoms with Crippen LogP contribution in [0.5, 0.6) is 0 Å². The fraction of sp³-hybridized carbons (Fsp3) is 0.615. The molecule has 0 unspecified atom stereocenters. The maximum atomic E-state index is 14.3. The molecule has 2 aliphatic rings. The number of rotatable bonds is 5. The summed E-state index contributed by atoms with van der Waals surface area (Å²) in [5, 5.41) is 0. The largest absolute Gasteiger partial charge is 0.694 e. The van der Waals surface area contributed by atoms with Crippen molar-refractivity contribution < 1.29 is 44.3 Å². The summed E-state index contributed by atoms with van der Waals surface area (Å²) in [7, 11) is 0. The van der Waals surface area contributed by atoms with Gasteiger partial charge in [-0.3, -0.25) is 0 Å². The van der Waals surface area contributed by atoms with Crippen molar-refractivity contribution in [3.63, 3.8) is 0 Å². The minimum Gasteiger partial charge on any atom is -0.694 e. The fourth-order valence-electron chi connectivity index (χ4n) is 5.18. The predicted octanol–water partition coefficient (Wildman–Crippen LogP) is 8.41. The Morgan fingerprint density at radius 3 is 2.07 bits per heavy atom. The van der Waals surface area contributed by atoms with E-state index in [9.17, 15) is 8.78 Å². The first kappa shape index (κ1) is 26.5. The maximum absolute atomic E-state index is 14.3. The molecule has 0 atom stereocenters. The van der Waals surface area contributed by atoms with Crippen LogP contribution in [0.4, 0.5) is 8.78 Å². The number of allylic oxidation sites excluding steroid dienone is 1. The van der Waals surface area contributed by atoms with Gasteiger partial charge in [-0.2, -0.15) is 0 Å². The average molecular weight is 479 g/mol. The molecule has 2 fully saturated rings. The molecule has 0 N–H and O–H groups in total. The van der Waals surface area contributed by atoms with E-state index in [4.69, 9.17) is 6.42 Å². The van der Waals surface area contributed by atoms with Gasteiger partial charge < -0.3 is 12.3 Å². The van der Waals surface area contributed by atoms with Gasteiger partial charge in [-0.05, 0) is 100 Å². The van der Waals surface area contributed by atoms with Gasteiger partial charge in [0.1, 0.15) is 0 Å². The molecule has 3 rings (SSSR count). The topological polar surface area (TPSA) is 0 Å². The second-order valence-corrected chi connectivity index (χ2v) is 8.61. The number of hydrogen-bond donors (Lipinski definition) is 0. The molecule has 0 spiro atoms. The smallest absolute Gasteiger partial charge is 0.162 e. The van der Waals surface area contributed by atoms with Crippen LogP contribution < -0.4 is 0 Å². The number of aryl methyl sites for hydroxylation is 1. The number of halogens is 2. The molecule has 0 heterocycles. The quantitative estimate of drug-likeness (QED) is 0.226. The Kier molecular flexibility index (Phi) is 12.5. The normalized spacial score (nSPS) is 26.3. The van der Waals surface area contributed by atoms with Gasteiger partial charge in [0.15, 0.2) is 11.6 Å². The van der Waals surface area contributed by atoms with Gasteiger partial charge in [0.25, 0.3) is 0 Å². The fourth-order valence-corrected chi connectivity index (χ4v) is 5.18. The van der Waals surface area contributed by atoms with Crippen LogP contribution in [0.25, 0.3) is 0 Å². The molecule has 2 saturated carbocycles. The van der Waals surface area contributed by atoms with Crippen LogP contribution >= 0.6 is 0 Å². The van der Waals surface area contributed by atoms with Crippen LogP contribution in [-0.2, 0) is 32.7 Å². The second-order valence-electron chi connectivity index (χ2n) is 8.61. The van der Waals surface area contributed by atoms with E-state index in [1.54, 1.807) is 19.9 Å². The summed E-state index contributed by atoms with van der Waals surface area (Å²) >= 11 is 0. The maximum Gasteiger partial charge on any atom is 0.162 e. The van der Waals surface area contributed by atoms with Crippen LogP contribution in [0.2, 0.25) is 0 Å². The molecular formula is C26H39F2Y-. The zero-order chi connectivity index (χ0) is 20.5. The van der Waals surface area contributed by atoms with E-state index in [-0.39, 0.29) is 41.5 Å². The van der Waals surface area contributed by atoms with Crippen molar-refractivity contribution in [2.24, 2.45) is 17.8 Å². The molecule has 161 valence electrons. The van der Waals surface area contributed by atoms with E-state index in [2.05, 4.69) is 6.58 Å². The van der Waals surface area contributed by atoms with E-state index in [1.165, 1.54) is 44.9 Å². The third-order valence-corrected chi connectivity index (χ3v) is 6.85. The van der Waals surface area contributed by atoms with Gasteiger partial charge in [0, 0.05) is 35.6 Å². The Bertz CT molecular complexity index is 671. The summed E-state index contributed by atoms with van der Waals surface area (Å²) in [5.41, 5.74) is 1.01. The van der Waals surface area contributed by atoms with Crippen LogP contribution in [-0.4, -0.2) is 0 Å². The van der Waals surface area contributed by atoms with E-state index in [0.29, 0.717) is 11.1 Å². The Hall–Kier alpha value is -0.516. The van der Waals surface area contributed by atoms with Gasteiger partial charge in [0.05, 0.1) is 0 Å². The van der Waals surface area contributed by atoms with E-state index in [0.717, 1.165) is 37.0 Å². The van der Waals surface area contributed by atoms with Gasteiger partial charge in [-0.25, -0.2) is 8.78 Å². The number of benzene rings is 1. The zero-order valence-electron chi connectivity index (χ0n) is 18.2. The Morgan fingerprint density at radius 1 is 1.03 bits per heavy atom. The van der Waals surface area contributed by atoms with Crippen molar-refractivity contribution in [3.05, 3.63) is 54.0 Å². The monoisotopic (exact) mass is 478 g/mol. The molecule has 29 heavy (non-hydrogen) atoms. The first-order valence-electron chi connectivity index (χ1n) is 10.9. The molecule has 0 nitrogen and oxygen atoms in total. The summed E-state index contributed by atoms with van der Waals surface area (Å²) in [6, 6.07) is 3.54. The minimum atomic E-state index is -0.655. The van der Waals surface area contributed by atoms with Crippen LogP contribution in [0.3, 0.4) is 0 Å². The minimum absolute atomic E-state index is 0. The summed E-state index contributed by atoms with van der Waals surface area (Å²) in [6.07, 6.45) is 20.3. The summed E-state index contributed by atoms with van der Waals surface area (Å²) in [4.78, 5) is 0. The number of hydrogen-bond acceptors (Lipinski definition) is 0. The van der Waals surface area contributed by atoms with Crippen molar-refractivity contribution in [2.75, 3.05) is 0 Å². The molecule has 0 bridgehead atoms. The van der Waals surface area contributed by atoms with Crippen molar-refractivity contribution in [1.29, 1.82) is 0 Å². The van der Waals surface area contributed by atoms with E-state index >= 15 is 0 Å². The summed E-state index contributed by atoms with van der Waals surface area (Å²) in [6.45, 7) is 7.00. The van der Waals surface area contributed by atoms with Gasteiger partial charge >= 0.3 is 0 Å². The average Bonchev–Trinajstić information content (AvgIpc) is 2.72. The molecule has 0 amide bonds. The van der Waals surface area contributed by atoms with E-state index in [1.807, 2.05) is 18.1 Å². The first-order valence-corrected chi connectivity index (χ1v) is 10.9. The standard InChI is InChI=1S/C23H32F2.C3H3.Y.2H2/c1-3-4-5-17-7-9-18(10-8-17)19-11-13-20(14-12-19)21-15-6-16(2)22(24)23(21)25;1-3-2;;;/h3,6,15,17-20H,1,4-5,7-14H2,2H3;1H3;;2*1H/q;-1;;;. The summed E-state index contributed by atoms with van der Waals surface area (Å²) in [5.74, 6) is 3.50. The van der Waals surface area contributed by atoms with Crippen molar-refractivity contribution in [1.82, 2.24) is 0 Å². The third-order valence-electron chi connectivity index (χ3n) is 6.85. The summed E-state index contributed by atoms with van der Waals surface area (Å²) < 4.78 is 28.1. The van der Waals surface area contributed by atoms with E-state index < -0.39 is 11.6 Å². The molecule has 3 heteroatoms. The van der Waals surface area contributed by atoms with Crippen molar-refractivity contribution in [2.45, 2.75) is 84.0 Å². The molecular weight excluding hydrogens is 439 g/mol. The van der Waals surface area contributed by atoms with Gasteiger partial charge in [0.2, 0.25) is 0 Å². The van der Waals surface area contributed by atoms with Gasteiger partial charge in [-0.15, -0.1) is 6.58 Å². The van der Waals surface area contributed by atoms with Crippen LogP contribution in [0.15, 0.2) is 24.8 Å². The molecule has 1 aromatic carbocycles. The first-order chi connectivity index (χ1) is 13.5. The van der Waals surface area contributed by atoms with Crippen molar-refractivity contribution in [3.8, 4) is 5.92 Å². The third kappa shape index (κ3) is 7.59. The van der Waals surface area contributed by atoms with Crippen molar-refractivity contribution >= 4 is 0 Å². The molecule has 2 aliphatic carbocycles. The molecule has 0 saturated heterocycles. The van der Waals surface area contributed by atoms with Crippen LogP contribution in [0.1, 0.15) is 91.0 Å². The Balaban J connectivity index is 0. The molecule has 0 aliphatic heterocycles. The SMILES string of the molecule is C=CCCC1CCC(C2CCC(c3ccc(C)c(F)c3F)CC2)CC1.[C-]#CC.[HH].[HH].[Y].